The summed E-state index contributed by atoms with van der Waals surface area (Å²) >= 11 is 0. The van der Waals surface area contributed by atoms with Gasteiger partial charge in [0.1, 0.15) is 5.82 Å². The topological polar surface area (TPSA) is 90.6 Å². The summed E-state index contributed by atoms with van der Waals surface area (Å²) < 4.78 is 13.9. The van der Waals surface area contributed by atoms with Crippen molar-refractivity contribution in [1.29, 1.82) is 0 Å². The normalized spacial score (nSPS) is 24.4. The molecule has 7 nitrogen and oxygen atoms in total. The Labute approximate surface area is 195 Å². The second-order valence-corrected chi connectivity index (χ2v) is 11.0. The van der Waals surface area contributed by atoms with Gasteiger partial charge in [0.2, 0.25) is 0 Å². The lowest BCUT2D eigenvalue weighted by Gasteiger charge is -2.40. The number of nitrogens with one attached hydrogen (secondary N) is 1. The summed E-state index contributed by atoms with van der Waals surface area (Å²) in [4.78, 5) is 26.1. The van der Waals surface area contributed by atoms with E-state index in [0.717, 1.165) is 42.7 Å². The van der Waals surface area contributed by atoms with Crippen LogP contribution < -0.4 is 5.09 Å². The maximum atomic E-state index is 11.4. The van der Waals surface area contributed by atoms with Gasteiger partial charge >= 0.3 is 7.75 Å². The van der Waals surface area contributed by atoms with E-state index in [1.807, 2.05) is 18.2 Å². The fourth-order valence-corrected chi connectivity index (χ4v) is 6.55. The average Bonchev–Trinajstić information content (AvgIpc) is 3.24. The number of aryl methyl sites for hydroxylation is 1. The van der Waals surface area contributed by atoms with Crippen LogP contribution in [0.15, 0.2) is 54.6 Å². The Morgan fingerprint density at radius 2 is 1.70 bits per heavy atom. The molecule has 2 aromatic carbocycles. The lowest BCUT2D eigenvalue weighted by molar-refractivity contribution is 0.104. The van der Waals surface area contributed by atoms with Crippen LogP contribution in [-0.2, 0) is 4.57 Å². The highest BCUT2D eigenvalue weighted by Gasteiger charge is 2.41. The lowest BCUT2D eigenvalue weighted by atomic mass is 9.93. The standard InChI is InChI=1S/C25H33N4O3P/c1-18-27-24-9-5-6-10-25(24)29(18)23-15-21-11-12-22(16-23)28(21)14-13-20(17-26-33(30,31)32)19-7-3-2-4-8-19/h2-10,20-23H,11-17H2,1H3,(H3,26,30,31,32)/t20?,21-,22+,23?. The van der Waals surface area contributed by atoms with Crippen molar-refractivity contribution >= 4 is 18.8 Å². The van der Waals surface area contributed by atoms with E-state index in [0.29, 0.717) is 18.1 Å². The Hall–Kier alpha value is -2.02. The molecule has 2 fully saturated rings. The van der Waals surface area contributed by atoms with E-state index >= 15 is 0 Å². The third-order valence-electron chi connectivity index (χ3n) is 7.55. The van der Waals surface area contributed by atoms with E-state index in [2.05, 4.69) is 57.9 Å². The zero-order chi connectivity index (χ0) is 23.0. The number of rotatable bonds is 8. The van der Waals surface area contributed by atoms with E-state index in [1.54, 1.807) is 0 Å². The molecule has 5 rings (SSSR count). The van der Waals surface area contributed by atoms with Gasteiger partial charge in [-0.25, -0.2) is 14.6 Å². The minimum absolute atomic E-state index is 0.0655. The van der Waals surface area contributed by atoms with Gasteiger partial charge in [0.25, 0.3) is 0 Å². The van der Waals surface area contributed by atoms with E-state index in [9.17, 15) is 14.4 Å². The SMILES string of the molecule is Cc1nc2ccccc2n1C1C[C@H]2CC[C@@H](C1)N2CCC(CNP(=O)(O)O)c1ccccc1. The van der Waals surface area contributed by atoms with Crippen molar-refractivity contribution in [2.45, 2.75) is 63.1 Å². The molecule has 33 heavy (non-hydrogen) atoms. The van der Waals surface area contributed by atoms with Crippen molar-refractivity contribution in [3.63, 3.8) is 0 Å². The van der Waals surface area contributed by atoms with Crippen molar-refractivity contribution in [3.8, 4) is 0 Å². The molecule has 0 aliphatic carbocycles. The van der Waals surface area contributed by atoms with E-state index in [4.69, 9.17) is 4.98 Å². The van der Waals surface area contributed by atoms with E-state index < -0.39 is 7.75 Å². The number of hydrogen-bond donors (Lipinski definition) is 3. The number of benzene rings is 2. The van der Waals surface area contributed by atoms with Crippen LogP contribution in [0.1, 0.15) is 55.5 Å². The Morgan fingerprint density at radius 1 is 1.03 bits per heavy atom. The maximum absolute atomic E-state index is 11.4. The van der Waals surface area contributed by atoms with Gasteiger partial charge in [-0.1, -0.05) is 42.5 Å². The molecule has 2 aliphatic rings. The molecule has 0 amide bonds. The third-order valence-corrected chi connectivity index (χ3v) is 8.14. The van der Waals surface area contributed by atoms with E-state index in [-0.39, 0.29) is 12.5 Å². The number of piperidine rings is 1. The summed E-state index contributed by atoms with van der Waals surface area (Å²) in [7, 11) is -4.24. The van der Waals surface area contributed by atoms with Gasteiger partial charge in [0.15, 0.2) is 0 Å². The number of hydrogen-bond acceptors (Lipinski definition) is 3. The first-order chi connectivity index (χ1) is 15.9. The maximum Gasteiger partial charge on any atom is 0.400 e. The number of fused-ring (bicyclic) bond motifs is 3. The molecular formula is C25H33N4O3P. The van der Waals surface area contributed by atoms with Gasteiger partial charge in [-0.2, -0.15) is 0 Å². The molecule has 2 aliphatic heterocycles. The molecule has 3 heterocycles. The molecular weight excluding hydrogens is 435 g/mol. The first-order valence-corrected chi connectivity index (χ1v) is 13.6. The van der Waals surface area contributed by atoms with Crippen LogP contribution in [0.4, 0.5) is 0 Å². The van der Waals surface area contributed by atoms with Crippen LogP contribution in [0, 0.1) is 6.92 Å². The lowest BCUT2D eigenvalue weighted by Crippen LogP contribution is -2.44. The molecule has 4 atom stereocenters. The largest absolute Gasteiger partial charge is 0.400 e. The summed E-state index contributed by atoms with van der Waals surface area (Å²) in [5, 5.41) is 2.43. The van der Waals surface area contributed by atoms with Gasteiger partial charge in [-0.15, -0.1) is 0 Å². The van der Waals surface area contributed by atoms with Crippen LogP contribution in [0.5, 0.6) is 0 Å². The Kier molecular flexibility index (Phi) is 6.43. The van der Waals surface area contributed by atoms with Crippen molar-refractivity contribution in [3.05, 3.63) is 66.0 Å². The summed E-state index contributed by atoms with van der Waals surface area (Å²) in [6.07, 6.45) is 5.59. The molecule has 2 bridgehead atoms. The molecule has 0 spiro atoms. The quantitative estimate of drug-likeness (QED) is 0.426. The van der Waals surface area contributed by atoms with Crippen LogP contribution >= 0.6 is 7.75 Å². The molecule has 176 valence electrons. The van der Waals surface area contributed by atoms with Crippen LogP contribution in [0.3, 0.4) is 0 Å². The first kappa shape index (κ1) is 22.8. The Morgan fingerprint density at radius 3 is 2.39 bits per heavy atom. The zero-order valence-electron chi connectivity index (χ0n) is 19.0. The minimum Gasteiger partial charge on any atom is -0.325 e. The second kappa shape index (κ2) is 9.32. The van der Waals surface area contributed by atoms with E-state index in [1.165, 1.54) is 18.4 Å². The summed E-state index contributed by atoms with van der Waals surface area (Å²) in [5.41, 5.74) is 3.44. The van der Waals surface area contributed by atoms with Gasteiger partial charge < -0.3 is 14.4 Å². The molecule has 2 unspecified atom stereocenters. The van der Waals surface area contributed by atoms with Crippen LogP contribution in [0.25, 0.3) is 11.0 Å². The minimum atomic E-state index is -4.24. The summed E-state index contributed by atoms with van der Waals surface area (Å²) in [6, 6.07) is 20.1. The third kappa shape index (κ3) is 4.93. The number of para-hydroxylation sites is 2. The predicted octanol–water partition coefficient (Wildman–Crippen LogP) is 4.37. The highest BCUT2D eigenvalue weighted by molar-refractivity contribution is 7.49. The number of aromatic nitrogens is 2. The van der Waals surface area contributed by atoms with Crippen molar-refractivity contribution in [1.82, 2.24) is 19.5 Å². The molecule has 8 heteroatoms. The molecule has 2 saturated heterocycles. The monoisotopic (exact) mass is 468 g/mol. The van der Waals surface area contributed by atoms with Crippen LogP contribution in [0.2, 0.25) is 0 Å². The predicted molar refractivity (Wildman–Crippen MR) is 130 cm³/mol. The smallest absolute Gasteiger partial charge is 0.325 e. The van der Waals surface area contributed by atoms with Crippen LogP contribution in [-0.4, -0.2) is 49.4 Å². The van der Waals surface area contributed by atoms with Crippen molar-refractivity contribution in [2.75, 3.05) is 13.1 Å². The number of imidazole rings is 1. The highest BCUT2D eigenvalue weighted by atomic mass is 31.2. The average molecular weight is 469 g/mol. The summed E-state index contributed by atoms with van der Waals surface area (Å²) in [5.74, 6) is 1.16. The number of nitrogens with zero attached hydrogens (tertiary/aromatic N) is 3. The Bertz CT molecular complexity index is 1130. The van der Waals surface area contributed by atoms with Gasteiger partial charge in [-0.05, 0) is 69.2 Å². The van der Waals surface area contributed by atoms with Crippen molar-refractivity contribution < 1.29 is 14.4 Å². The van der Waals surface area contributed by atoms with Crippen molar-refractivity contribution in [2.24, 2.45) is 0 Å². The molecule has 1 aromatic heterocycles. The fourth-order valence-electron chi connectivity index (χ4n) is 6.09. The van der Waals surface area contributed by atoms with Gasteiger partial charge in [0.05, 0.1) is 11.0 Å². The molecule has 3 aromatic rings. The fraction of sp³-hybridized carbons (Fsp3) is 0.480. The Balaban J connectivity index is 1.28. The highest BCUT2D eigenvalue weighted by Crippen LogP contribution is 2.43. The zero-order valence-corrected chi connectivity index (χ0v) is 19.9. The molecule has 0 saturated carbocycles. The molecule has 0 radical (unpaired) electrons. The van der Waals surface area contributed by atoms with Gasteiger partial charge in [0, 0.05) is 24.7 Å². The first-order valence-electron chi connectivity index (χ1n) is 11.9. The summed E-state index contributed by atoms with van der Waals surface area (Å²) in [6.45, 7) is 3.35. The second-order valence-electron chi connectivity index (χ2n) is 9.57. The molecule has 3 N–H and O–H groups in total. The van der Waals surface area contributed by atoms with Gasteiger partial charge in [-0.3, -0.25) is 4.90 Å².